The van der Waals surface area contributed by atoms with Crippen molar-refractivity contribution in [2.45, 2.75) is 58.2 Å². The van der Waals surface area contributed by atoms with E-state index in [0.29, 0.717) is 18.0 Å². The van der Waals surface area contributed by atoms with Gasteiger partial charge in [0.25, 0.3) is 0 Å². The van der Waals surface area contributed by atoms with Crippen LogP contribution in [0, 0.1) is 6.92 Å². The zero-order valence-corrected chi connectivity index (χ0v) is 21.9. The van der Waals surface area contributed by atoms with E-state index in [1.165, 1.54) is 29.5 Å². The molecule has 2 aromatic carbocycles. The Morgan fingerprint density at radius 2 is 1.86 bits per heavy atom. The molecule has 186 valence electrons. The number of nitrogens with zero attached hydrogens (tertiary/aromatic N) is 4. The molecule has 1 saturated heterocycles. The van der Waals surface area contributed by atoms with Gasteiger partial charge in [0.1, 0.15) is 0 Å². The molecule has 4 aromatic rings. The first-order chi connectivity index (χ1) is 17.4. The van der Waals surface area contributed by atoms with Crippen molar-refractivity contribution < 1.29 is 0 Å². The molecule has 36 heavy (non-hydrogen) atoms. The second-order valence-corrected chi connectivity index (χ2v) is 11.1. The minimum Gasteiger partial charge on any atom is -0.368 e. The van der Waals surface area contributed by atoms with Crippen molar-refractivity contribution >= 4 is 28.5 Å². The van der Waals surface area contributed by atoms with Crippen LogP contribution in [-0.2, 0) is 6.54 Å². The van der Waals surface area contributed by atoms with Gasteiger partial charge in [-0.2, -0.15) is 0 Å². The van der Waals surface area contributed by atoms with E-state index in [1.54, 1.807) is 6.20 Å². The van der Waals surface area contributed by atoms with E-state index < -0.39 is 0 Å². The lowest BCUT2D eigenvalue weighted by Crippen LogP contribution is -2.53. The molecule has 2 fully saturated rings. The molecule has 3 heterocycles. The molecule has 1 aliphatic carbocycles. The number of rotatable bonds is 5. The van der Waals surface area contributed by atoms with Gasteiger partial charge in [-0.25, -0.2) is 9.97 Å². The van der Waals surface area contributed by atoms with Crippen molar-refractivity contribution in [1.29, 1.82) is 0 Å². The molecular formula is C29H33ClN6. The number of hydrogen-bond acceptors (Lipinski definition) is 5. The lowest BCUT2D eigenvalue weighted by Gasteiger charge is -2.36. The molecule has 1 saturated carbocycles. The van der Waals surface area contributed by atoms with Crippen LogP contribution < -0.4 is 11.1 Å². The van der Waals surface area contributed by atoms with Gasteiger partial charge in [-0.05, 0) is 74.4 Å². The summed E-state index contributed by atoms with van der Waals surface area (Å²) in [6.07, 6.45) is 6.29. The standard InChI is InChI=1S/C29H33ClN6/c1-17-4-7-22-24(25-8-9-32-29(31)34-25)16-36(26(22)10-17)27-12-20(11-23(28(27)30)21-5-6-21)15-35-13-18(2)33-19(3)14-35/h4,7-12,16,18-19,21,33H,5-6,13-15H2,1-3H3,(H2,31,32,34)/t18-,19+. The Kier molecular flexibility index (Phi) is 5.98. The molecule has 2 aliphatic rings. The average molecular weight is 501 g/mol. The summed E-state index contributed by atoms with van der Waals surface area (Å²) in [5.41, 5.74) is 13.7. The van der Waals surface area contributed by atoms with Crippen molar-refractivity contribution in [2.75, 3.05) is 18.8 Å². The van der Waals surface area contributed by atoms with Crippen molar-refractivity contribution in [3.8, 4) is 16.9 Å². The molecule has 0 spiro atoms. The van der Waals surface area contributed by atoms with Gasteiger partial charge >= 0.3 is 0 Å². The molecule has 2 atom stereocenters. The predicted molar refractivity (Wildman–Crippen MR) is 148 cm³/mol. The molecule has 0 amide bonds. The van der Waals surface area contributed by atoms with Crippen molar-refractivity contribution in [1.82, 2.24) is 24.8 Å². The van der Waals surface area contributed by atoms with Gasteiger partial charge in [-0.15, -0.1) is 0 Å². The van der Waals surface area contributed by atoms with Crippen LogP contribution in [0.1, 0.15) is 49.3 Å². The highest BCUT2D eigenvalue weighted by Crippen LogP contribution is 2.46. The molecule has 6 rings (SSSR count). The molecule has 0 bridgehead atoms. The van der Waals surface area contributed by atoms with Gasteiger partial charge in [0.05, 0.1) is 21.9 Å². The number of aromatic nitrogens is 3. The maximum absolute atomic E-state index is 7.17. The molecule has 0 unspecified atom stereocenters. The van der Waals surface area contributed by atoms with Crippen LogP contribution in [0.3, 0.4) is 0 Å². The Labute approximate surface area is 217 Å². The zero-order valence-electron chi connectivity index (χ0n) is 21.1. The summed E-state index contributed by atoms with van der Waals surface area (Å²) in [6, 6.07) is 14.1. The van der Waals surface area contributed by atoms with E-state index in [0.717, 1.165) is 52.5 Å². The van der Waals surface area contributed by atoms with Crippen LogP contribution in [-0.4, -0.2) is 44.6 Å². The van der Waals surface area contributed by atoms with Crippen molar-refractivity contribution in [3.63, 3.8) is 0 Å². The smallest absolute Gasteiger partial charge is 0.220 e. The molecule has 1 aliphatic heterocycles. The second kappa shape index (κ2) is 9.18. The summed E-state index contributed by atoms with van der Waals surface area (Å²) in [5, 5.41) is 5.62. The molecule has 2 aromatic heterocycles. The summed E-state index contributed by atoms with van der Waals surface area (Å²) in [7, 11) is 0. The monoisotopic (exact) mass is 500 g/mol. The van der Waals surface area contributed by atoms with Gasteiger partial charge in [0.15, 0.2) is 0 Å². The molecule has 3 N–H and O–H groups in total. The summed E-state index contributed by atoms with van der Waals surface area (Å²) in [6.45, 7) is 9.67. The summed E-state index contributed by atoms with van der Waals surface area (Å²) >= 11 is 7.17. The van der Waals surface area contributed by atoms with Gasteiger partial charge in [-0.1, -0.05) is 29.8 Å². The Hall–Kier alpha value is -2.93. The van der Waals surface area contributed by atoms with E-state index >= 15 is 0 Å². The normalized spacial score (nSPS) is 20.8. The molecule has 6 nitrogen and oxygen atoms in total. The minimum absolute atomic E-state index is 0.274. The number of piperazine rings is 1. The Balaban J connectivity index is 1.50. The Morgan fingerprint density at radius 3 is 2.58 bits per heavy atom. The SMILES string of the molecule is Cc1ccc2c(-c3ccnc(N)n3)cn(-c3cc(CN4C[C@@H](C)N[C@@H](C)C4)cc(C4CC4)c3Cl)c2c1. The topological polar surface area (TPSA) is 72.0 Å². The summed E-state index contributed by atoms with van der Waals surface area (Å²) in [5.74, 6) is 0.831. The van der Waals surface area contributed by atoms with Crippen LogP contribution >= 0.6 is 11.6 Å². The number of nitrogen functional groups attached to an aromatic ring is 1. The third-order valence-corrected chi connectivity index (χ3v) is 7.78. The second-order valence-electron chi connectivity index (χ2n) is 10.7. The number of benzene rings is 2. The molecule has 0 radical (unpaired) electrons. The average Bonchev–Trinajstić information content (AvgIpc) is 3.60. The van der Waals surface area contributed by atoms with E-state index in [1.807, 2.05) is 6.07 Å². The first-order valence-corrected chi connectivity index (χ1v) is 13.2. The Morgan fingerprint density at radius 1 is 1.08 bits per heavy atom. The predicted octanol–water partition coefficient (Wildman–Crippen LogP) is 5.69. The van der Waals surface area contributed by atoms with E-state index in [9.17, 15) is 0 Å². The largest absolute Gasteiger partial charge is 0.368 e. The highest BCUT2D eigenvalue weighted by Gasteiger charge is 2.29. The lowest BCUT2D eigenvalue weighted by atomic mass is 10.0. The summed E-state index contributed by atoms with van der Waals surface area (Å²) in [4.78, 5) is 11.2. The van der Waals surface area contributed by atoms with Crippen LogP contribution in [0.4, 0.5) is 5.95 Å². The third kappa shape index (κ3) is 4.49. The van der Waals surface area contributed by atoms with Crippen molar-refractivity contribution in [3.05, 3.63) is 70.5 Å². The number of aryl methyl sites for hydroxylation is 1. The first-order valence-electron chi connectivity index (χ1n) is 12.9. The van der Waals surface area contributed by atoms with E-state index in [-0.39, 0.29) is 5.95 Å². The Bertz CT molecular complexity index is 1430. The number of hydrogen-bond donors (Lipinski definition) is 2. The molecule has 7 heteroatoms. The maximum Gasteiger partial charge on any atom is 0.220 e. The highest BCUT2D eigenvalue weighted by molar-refractivity contribution is 6.33. The highest BCUT2D eigenvalue weighted by atomic mass is 35.5. The van der Waals surface area contributed by atoms with Crippen LogP contribution in [0.15, 0.2) is 48.8 Å². The van der Waals surface area contributed by atoms with E-state index in [2.05, 4.69) is 82.1 Å². The number of anilines is 1. The van der Waals surface area contributed by atoms with E-state index in [4.69, 9.17) is 17.3 Å². The zero-order chi connectivity index (χ0) is 25.0. The van der Waals surface area contributed by atoms with Crippen LogP contribution in [0.5, 0.6) is 0 Å². The number of nitrogens with one attached hydrogen (secondary N) is 1. The number of nitrogens with two attached hydrogens (primary N) is 1. The van der Waals surface area contributed by atoms with Gasteiger partial charge < -0.3 is 15.6 Å². The fourth-order valence-electron chi connectivity index (χ4n) is 5.74. The quantitative estimate of drug-likeness (QED) is 0.368. The summed E-state index contributed by atoms with van der Waals surface area (Å²) < 4.78 is 2.25. The minimum atomic E-state index is 0.274. The fourth-order valence-corrected chi connectivity index (χ4v) is 6.10. The molecular weight excluding hydrogens is 468 g/mol. The van der Waals surface area contributed by atoms with Gasteiger partial charge in [-0.3, -0.25) is 4.90 Å². The first kappa shape index (κ1) is 23.5. The fraction of sp³-hybridized carbons (Fsp3) is 0.379. The van der Waals surface area contributed by atoms with Crippen molar-refractivity contribution in [2.24, 2.45) is 0 Å². The van der Waals surface area contributed by atoms with Gasteiger partial charge in [0.2, 0.25) is 5.95 Å². The number of fused-ring (bicyclic) bond motifs is 1. The number of halogens is 1. The van der Waals surface area contributed by atoms with Gasteiger partial charge in [0, 0.05) is 55.1 Å². The van der Waals surface area contributed by atoms with Crippen LogP contribution in [0.25, 0.3) is 27.8 Å². The third-order valence-electron chi connectivity index (χ3n) is 7.37. The lowest BCUT2D eigenvalue weighted by molar-refractivity contribution is 0.166. The van der Waals surface area contributed by atoms with Crippen LogP contribution in [0.2, 0.25) is 5.02 Å². The maximum atomic E-state index is 7.17.